The van der Waals surface area contributed by atoms with Gasteiger partial charge >= 0.3 is 0 Å². The lowest BCUT2D eigenvalue weighted by Gasteiger charge is -2.32. The van der Waals surface area contributed by atoms with Crippen molar-refractivity contribution in [3.05, 3.63) is 34.6 Å². The van der Waals surface area contributed by atoms with E-state index in [1.807, 2.05) is 0 Å². The molecule has 0 aliphatic carbocycles. The van der Waals surface area contributed by atoms with Crippen LogP contribution in [0.5, 0.6) is 0 Å². The molecule has 1 aromatic rings. The number of benzene rings is 1. The van der Waals surface area contributed by atoms with E-state index in [1.165, 1.54) is 12.1 Å². The van der Waals surface area contributed by atoms with Crippen LogP contribution in [-0.4, -0.2) is 37.0 Å². The molecule has 0 aromatic heterocycles. The number of amides is 1. The van der Waals surface area contributed by atoms with E-state index in [2.05, 4.69) is 12.2 Å². The van der Waals surface area contributed by atoms with E-state index in [0.29, 0.717) is 11.5 Å². The van der Waals surface area contributed by atoms with E-state index in [-0.39, 0.29) is 23.3 Å². The molecular weight excluding hydrogens is 314 g/mol. The van der Waals surface area contributed by atoms with E-state index in [9.17, 15) is 9.18 Å². The van der Waals surface area contributed by atoms with E-state index in [4.69, 9.17) is 11.6 Å². The van der Waals surface area contributed by atoms with E-state index >= 15 is 0 Å². The van der Waals surface area contributed by atoms with Gasteiger partial charge in [-0.15, -0.1) is 12.4 Å². The van der Waals surface area contributed by atoms with Crippen molar-refractivity contribution in [2.75, 3.05) is 26.2 Å². The van der Waals surface area contributed by atoms with Gasteiger partial charge in [0.25, 0.3) is 5.91 Å². The molecule has 1 aromatic carbocycles. The molecule has 0 unspecified atom stereocenters. The minimum absolute atomic E-state index is 0. The Labute approximate surface area is 136 Å². The predicted octanol–water partition coefficient (Wildman–Crippen LogP) is 3.36. The summed E-state index contributed by atoms with van der Waals surface area (Å²) in [6.45, 7) is 5.54. The zero-order valence-corrected chi connectivity index (χ0v) is 13.6. The summed E-state index contributed by atoms with van der Waals surface area (Å²) in [7, 11) is 0. The molecule has 0 saturated carbocycles. The highest BCUT2D eigenvalue weighted by Gasteiger charge is 2.23. The topological polar surface area (TPSA) is 32.3 Å². The van der Waals surface area contributed by atoms with Gasteiger partial charge in [0.15, 0.2) is 0 Å². The molecule has 1 N–H and O–H groups in total. The second-order valence-electron chi connectivity index (χ2n) is 5.17. The molecule has 3 nitrogen and oxygen atoms in total. The molecule has 1 heterocycles. The lowest BCUT2D eigenvalue weighted by molar-refractivity contribution is 0.0690. The first-order chi connectivity index (χ1) is 9.61. The Bertz CT molecular complexity index is 477. The lowest BCUT2D eigenvalue weighted by Crippen LogP contribution is -2.40. The molecule has 0 atom stereocenters. The van der Waals surface area contributed by atoms with Crippen molar-refractivity contribution < 1.29 is 9.18 Å². The molecule has 1 saturated heterocycles. The van der Waals surface area contributed by atoms with Gasteiger partial charge in [-0.05, 0) is 50.0 Å². The maximum absolute atomic E-state index is 13.4. The number of hydrogen-bond acceptors (Lipinski definition) is 2. The molecule has 2 rings (SSSR count). The van der Waals surface area contributed by atoms with Crippen molar-refractivity contribution in [2.45, 2.75) is 19.8 Å². The van der Waals surface area contributed by atoms with Crippen LogP contribution in [-0.2, 0) is 0 Å². The Kier molecular flexibility index (Phi) is 7.43. The van der Waals surface area contributed by atoms with Gasteiger partial charge in [-0.2, -0.15) is 0 Å². The first kappa shape index (κ1) is 18.2. The van der Waals surface area contributed by atoms with Crippen molar-refractivity contribution in [2.24, 2.45) is 5.92 Å². The molecule has 1 amide bonds. The largest absolute Gasteiger partial charge is 0.339 e. The Morgan fingerprint density at radius 2 is 2.10 bits per heavy atom. The zero-order chi connectivity index (χ0) is 14.5. The molecule has 1 fully saturated rings. The Morgan fingerprint density at radius 3 is 2.67 bits per heavy atom. The molecule has 0 radical (unpaired) electrons. The normalized spacial score (nSPS) is 15.7. The van der Waals surface area contributed by atoms with Gasteiger partial charge in [-0.3, -0.25) is 4.79 Å². The van der Waals surface area contributed by atoms with Crippen LogP contribution in [0.2, 0.25) is 5.02 Å². The predicted molar refractivity (Wildman–Crippen MR) is 85.8 cm³/mol. The van der Waals surface area contributed by atoms with Crippen LogP contribution in [0.3, 0.4) is 0 Å². The van der Waals surface area contributed by atoms with Crippen LogP contribution in [0, 0.1) is 11.7 Å². The van der Waals surface area contributed by atoms with Crippen LogP contribution in [0.4, 0.5) is 4.39 Å². The standard InChI is InChI=1S/C15H20ClFN2O.ClH/c1-2-18-10-11-5-7-19(8-6-11)15(20)12-3-4-13(16)14(17)9-12;/h3-4,9,11,18H,2,5-8,10H2,1H3;1H. The molecule has 0 spiro atoms. The number of likely N-dealkylation sites (tertiary alicyclic amines) is 1. The number of hydrogen-bond donors (Lipinski definition) is 1. The molecular formula is C15H21Cl2FN2O. The summed E-state index contributed by atoms with van der Waals surface area (Å²) in [6, 6.07) is 4.23. The van der Waals surface area contributed by atoms with Gasteiger partial charge in [0, 0.05) is 18.7 Å². The fourth-order valence-electron chi connectivity index (χ4n) is 2.50. The fraction of sp³-hybridized carbons (Fsp3) is 0.533. The van der Waals surface area contributed by atoms with Crippen molar-refractivity contribution in [3.63, 3.8) is 0 Å². The maximum Gasteiger partial charge on any atom is 0.253 e. The Hall–Kier alpha value is -0.840. The second-order valence-corrected chi connectivity index (χ2v) is 5.58. The van der Waals surface area contributed by atoms with Gasteiger partial charge in [-0.1, -0.05) is 18.5 Å². The first-order valence-corrected chi connectivity index (χ1v) is 7.44. The monoisotopic (exact) mass is 334 g/mol. The van der Waals surface area contributed by atoms with Crippen molar-refractivity contribution in [1.29, 1.82) is 0 Å². The van der Waals surface area contributed by atoms with Gasteiger partial charge in [0.05, 0.1) is 5.02 Å². The molecule has 1 aliphatic rings. The lowest BCUT2D eigenvalue weighted by atomic mass is 9.96. The quantitative estimate of drug-likeness (QED) is 0.915. The minimum atomic E-state index is -0.542. The minimum Gasteiger partial charge on any atom is -0.339 e. The summed E-state index contributed by atoms with van der Waals surface area (Å²) < 4.78 is 13.4. The van der Waals surface area contributed by atoms with Gasteiger partial charge in [-0.25, -0.2) is 4.39 Å². The summed E-state index contributed by atoms with van der Waals surface area (Å²) in [4.78, 5) is 14.1. The number of halogens is 3. The van der Waals surface area contributed by atoms with Gasteiger partial charge in [0.2, 0.25) is 0 Å². The summed E-state index contributed by atoms with van der Waals surface area (Å²) in [5, 5.41) is 3.39. The first-order valence-electron chi connectivity index (χ1n) is 7.07. The number of nitrogens with one attached hydrogen (secondary N) is 1. The summed E-state index contributed by atoms with van der Waals surface area (Å²) in [5.74, 6) is -0.0250. The van der Waals surface area contributed by atoms with Crippen LogP contribution >= 0.6 is 24.0 Å². The number of nitrogens with zero attached hydrogens (tertiary/aromatic N) is 1. The molecule has 118 valence electrons. The van der Waals surface area contributed by atoms with Gasteiger partial charge in [0.1, 0.15) is 5.82 Å². The highest BCUT2D eigenvalue weighted by molar-refractivity contribution is 6.30. The van der Waals surface area contributed by atoms with Crippen LogP contribution < -0.4 is 5.32 Å². The molecule has 6 heteroatoms. The average molecular weight is 335 g/mol. The van der Waals surface area contributed by atoms with Crippen molar-refractivity contribution in [3.8, 4) is 0 Å². The summed E-state index contributed by atoms with van der Waals surface area (Å²) >= 11 is 5.63. The van der Waals surface area contributed by atoms with E-state index in [0.717, 1.165) is 39.0 Å². The van der Waals surface area contributed by atoms with E-state index in [1.54, 1.807) is 11.0 Å². The maximum atomic E-state index is 13.4. The zero-order valence-electron chi connectivity index (χ0n) is 12.1. The van der Waals surface area contributed by atoms with Crippen molar-refractivity contribution >= 4 is 29.9 Å². The Balaban J connectivity index is 0.00000220. The van der Waals surface area contributed by atoms with E-state index < -0.39 is 5.82 Å². The fourth-order valence-corrected chi connectivity index (χ4v) is 2.62. The molecule has 21 heavy (non-hydrogen) atoms. The van der Waals surface area contributed by atoms with Gasteiger partial charge < -0.3 is 10.2 Å². The third-order valence-corrected chi connectivity index (χ3v) is 4.06. The number of carbonyl (C=O) groups excluding carboxylic acids is 1. The average Bonchev–Trinajstić information content (AvgIpc) is 2.48. The van der Waals surface area contributed by atoms with Crippen molar-refractivity contribution in [1.82, 2.24) is 10.2 Å². The summed E-state index contributed by atoms with van der Waals surface area (Å²) in [6.07, 6.45) is 1.99. The molecule has 1 aliphatic heterocycles. The highest BCUT2D eigenvalue weighted by atomic mass is 35.5. The third-order valence-electron chi connectivity index (χ3n) is 3.75. The molecule has 0 bridgehead atoms. The Morgan fingerprint density at radius 1 is 1.43 bits per heavy atom. The smallest absolute Gasteiger partial charge is 0.253 e. The summed E-state index contributed by atoms with van der Waals surface area (Å²) in [5.41, 5.74) is 0.372. The van der Waals surface area contributed by atoms with Crippen LogP contribution in [0.15, 0.2) is 18.2 Å². The number of piperidine rings is 1. The van der Waals surface area contributed by atoms with Crippen LogP contribution in [0.25, 0.3) is 0 Å². The second kappa shape index (κ2) is 8.57. The SMILES string of the molecule is CCNCC1CCN(C(=O)c2ccc(Cl)c(F)c2)CC1.Cl. The number of rotatable bonds is 4. The van der Waals surface area contributed by atoms with Crippen LogP contribution in [0.1, 0.15) is 30.1 Å². The third kappa shape index (κ3) is 4.83. The number of carbonyl (C=O) groups is 1. The highest BCUT2D eigenvalue weighted by Crippen LogP contribution is 2.21.